The fourth-order valence-electron chi connectivity index (χ4n) is 4.77. The maximum absolute atomic E-state index is 13.2. The molecule has 4 rings (SSSR count). The Morgan fingerprint density at radius 2 is 1.63 bits per heavy atom. The van der Waals surface area contributed by atoms with Crippen molar-refractivity contribution in [1.82, 2.24) is 20.0 Å². The third-order valence-electron chi connectivity index (χ3n) is 6.78. The van der Waals surface area contributed by atoms with Crippen molar-refractivity contribution in [3.63, 3.8) is 0 Å². The summed E-state index contributed by atoms with van der Waals surface area (Å²) in [4.78, 5) is 44.7. The number of anilines is 1. The van der Waals surface area contributed by atoms with Crippen LogP contribution in [0, 0.1) is 0 Å². The highest BCUT2D eigenvalue weighted by Gasteiger charge is 2.35. The van der Waals surface area contributed by atoms with Crippen molar-refractivity contribution < 1.29 is 14.4 Å². The van der Waals surface area contributed by atoms with Crippen LogP contribution in [0.25, 0.3) is 0 Å². The molecule has 3 amide bonds. The molecule has 2 aliphatic rings. The van der Waals surface area contributed by atoms with Gasteiger partial charge in [0.25, 0.3) is 0 Å². The van der Waals surface area contributed by atoms with Gasteiger partial charge in [-0.1, -0.05) is 55.5 Å². The highest BCUT2D eigenvalue weighted by Crippen LogP contribution is 2.18. The zero-order chi connectivity index (χ0) is 24.6. The van der Waals surface area contributed by atoms with E-state index in [1.165, 1.54) is 5.56 Å². The average molecular weight is 478 g/mol. The minimum Gasteiger partial charge on any atom is -0.353 e. The van der Waals surface area contributed by atoms with E-state index in [1.807, 2.05) is 37.3 Å². The van der Waals surface area contributed by atoms with Crippen molar-refractivity contribution in [3.05, 3.63) is 65.7 Å². The van der Waals surface area contributed by atoms with E-state index in [9.17, 15) is 14.4 Å². The fraction of sp³-hybridized carbons (Fsp3) is 0.444. The van der Waals surface area contributed by atoms with Crippen molar-refractivity contribution in [2.45, 2.75) is 32.4 Å². The van der Waals surface area contributed by atoms with Gasteiger partial charge in [-0.3, -0.25) is 24.2 Å². The largest absolute Gasteiger partial charge is 0.353 e. The number of para-hydroxylation sites is 1. The summed E-state index contributed by atoms with van der Waals surface area (Å²) in [6.45, 7) is 7.43. The molecule has 0 aliphatic carbocycles. The first-order valence-corrected chi connectivity index (χ1v) is 12.5. The molecule has 35 heavy (non-hydrogen) atoms. The summed E-state index contributed by atoms with van der Waals surface area (Å²) in [5, 5.41) is 5.73. The average Bonchev–Trinajstić information content (AvgIpc) is 2.87. The molecule has 0 spiro atoms. The monoisotopic (exact) mass is 477 g/mol. The van der Waals surface area contributed by atoms with Crippen molar-refractivity contribution in [1.29, 1.82) is 0 Å². The predicted octanol–water partition coefficient (Wildman–Crippen LogP) is 1.72. The molecule has 1 unspecified atom stereocenters. The van der Waals surface area contributed by atoms with E-state index in [4.69, 9.17) is 0 Å². The van der Waals surface area contributed by atoms with E-state index in [2.05, 4.69) is 44.7 Å². The van der Waals surface area contributed by atoms with Crippen LogP contribution in [0.5, 0.6) is 0 Å². The molecule has 1 atom stereocenters. The molecule has 2 fully saturated rings. The van der Waals surface area contributed by atoms with Gasteiger partial charge in [-0.25, -0.2) is 0 Å². The topological polar surface area (TPSA) is 85.0 Å². The Labute approximate surface area is 207 Å². The molecular formula is C27H35N5O3. The van der Waals surface area contributed by atoms with Crippen LogP contribution in [0.2, 0.25) is 0 Å². The SMILES string of the molecule is CCc1ccccc1NC(=O)CC1C(=O)NCCN1C(=O)CN1CCN(Cc2ccccc2)CC1. The quantitative estimate of drug-likeness (QED) is 0.605. The summed E-state index contributed by atoms with van der Waals surface area (Å²) >= 11 is 0. The molecule has 0 radical (unpaired) electrons. The number of rotatable bonds is 8. The van der Waals surface area contributed by atoms with Crippen LogP contribution in [0.15, 0.2) is 54.6 Å². The lowest BCUT2D eigenvalue weighted by atomic mass is 10.1. The summed E-state index contributed by atoms with van der Waals surface area (Å²) in [5.74, 6) is -0.625. The number of nitrogens with zero attached hydrogens (tertiary/aromatic N) is 3. The van der Waals surface area contributed by atoms with Gasteiger partial charge in [0.05, 0.1) is 13.0 Å². The first kappa shape index (κ1) is 24.9. The molecular weight excluding hydrogens is 442 g/mol. The molecule has 0 aromatic heterocycles. The van der Waals surface area contributed by atoms with Gasteiger partial charge >= 0.3 is 0 Å². The lowest BCUT2D eigenvalue weighted by Crippen LogP contribution is -2.60. The summed E-state index contributed by atoms with van der Waals surface area (Å²) in [6, 6.07) is 17.2. The molecule has 8 nitrogen and oxygen atoms in total. The van der Waals surface area contributed by atoms with E-state index in [0.717, 1.165) is 50.4 Å². The number of nitrogens with one attached hydrogen (secondary N) is 2. The number of amides is 3. The number of carbonyl (C=O) groups excluding carboxylic acids is 3. The van der Waals surface area contributed by atoms with Crippen LogP contribution >= 0.6 is 0 Å². The third kappa shape index (κ3) is 6.68. The van der Waals surface area contributed by atoms with Gasteiger partial charge in [-0.15, -0.1) is 0 Å². The summed E-state index contributed by atoms with van der Waals surface area (Å²) in [5.41, 5.74) is 3.08. The zero-order valence-electron chi connectivity index (χ0n) is 20.4. The van der Waals surface area contributed by atoms with Gasteiger partial charge in [-0.2, -0.15) is 0 Å². The standard InChI is InChI=1S/C27H35N5O3/c1-2-22-10-6-7-11-23(22)29-25(33)18-24-27(35)28-12-13-32(24)26(34)20-31-16-14-30(15-17-31)19-21-8-4-3-5-9-21/h3-11,24H,2,12-20H2,1H3,(H,28,35)(H,29,33). The maximum Gasteiger partial charge on any atom is 0.243 e. The normalized spacial score (nSPS) is 19.3. The van der Waals surface area contributed by atoms with Gasteiger partial charge in [-0.05, 0) is 23.6 Å². The second-order valence-electron chi connectivity index (χ2n) is 9.19. The number of aryl methyl sites for hydroxylation is 1. The van der Waals surface area contributed by atoms with Gasteiger partial charge in [0.15, 0.2) is 0 Å². The van der Waals surface area contributed by atoms with Crippen molar-refractivity contribution in [3.8, 4) is 0 Å². The molecule has 0 saturated carbocycles. The predicted molar refractivity (Wildman–Crippen MR) is 136 cm³/mol. The number of hydrogen-bond acceptors (Lipinski definition) is 5. The van der Waals surface area contributed by atoms with E-state index < -0.39 is 6.04 Å². The lowest BCUT2D eigenvalue weighted by molar-refractivity contribution is -0.145. The Bertz CT molecular complexity index is 1020. The molecule has 2 saturated heterocycles. The van der Waals surface area contributed by atoms with Gasteiger partial charge in [0.2, 0.25) is 17.7 Å². The Balaban J connectivity index is 1.30. The minimum absolute atomic E-state index is 0.0551. The maximum atomic E-state index is 13.2. The molecule has 2 N–H and O–H groups in total. The molecule has 2 aromatic rings. The van der Waals surface area contributed by atoms with Crippen molar-refractivity contribution >= 4 is 23.4 Å². The summed E-state index contributed by atoms with van der Waals surface area (Å²) < 4.78 is 0. The molecule has 2 heterocycles. The Kier molecular flexibility index (Phi) is 8.50. The third-order valence-corrected chi connectivity index (χ3v) is 6.78. The Morgan fingerprint density at radius 3 is 2.37 bits per heavy atom. The van der Waals surface area contributed by atoms with E-state index in [0.29, 0.717) is 13.1 Å². The molecule has 2 aromatic carbocycles. The van der Waals surface area contributed by atoms with E-state index >= 15 is 0 Å². The van der Waals surface area contributed by atoms with Crippen LogP contribution in [0.4, 0.5) is 5.69 Å². The Morgan fingerprint density at radius 1 is 0.943 bits per heavy atom. The van der Waals surface area contributed by atoms with E-state index in [1.54, 1.807) is 4.90 Å². The van der Waals surface area contributed by atoms with Crippen LogP contribution in [0.3, 0.4) is 0 Å². The zero-order valence-corrected chi connectivity index (χ0v) is 20.4. The van der Waals surface area contributed by atoms with E-state index in [-0.39, 0.29) is 30.7 Å². The van der Waals surface area contributed by atoms with Crippen molar-refractivity contribution in [2.75, 3.05) is 51.1 Å². The van der Waals surface area contributed by atoms with Crippen LogP contribution in [-0.4, -0.2) is 84.3 Å². The first-order valence-electron chi connectivity index (χ1n) is 12.5. The number of hydrogen-bond donors (Lipinski definition) is 2. The number of benzene rings is 2. The van der Waals surface area contributed by atoms with Gasteiger partial charge < -0.3 is 15.5 Å². The van der Waals surface area contributed by atoms with Crippen LogP contribution in [0.1, 0.15) is 24.5 Å². The second kappa shape index (κ2) is 12.0. The highest BCUT2D eigenvalue weighted by atomic mass is 16.2. The molecule has 186 valence electrons. The first-order chi connectivity index (χ1) is 17.0. The fourth-order valence-corrected chi connectivity index (χ4v) is 4.77. The van der Waals surface area contributed by atoms with Crippen molar-refractivity contribution in [2.24, 2.45) is 0 Å². The molecule has 2 aliphatic heterocycles. The van der Waals surface area contributed by atoms with Crippen LogP contribution in [-0.2, 0) is 27.3 Å². The summed E-state index contributed by atoms with van der Waals surface area (Å²) in [7, 11) is 0. The van der Waals surface area contributed by atoms with Gasteiger partial charge in [0, 0.05) is 51.5 Å². The van der Waals surface area contributed by atoms with Gasteiger partial charge in [0.1, 0.15) is 6.04 Å². The highest BCUT2D eigenvalue weighted by molar-refractivity contribution is 5.98. The lowest BCUT2D eigenvalue weighted by Gasteiger charge is -2.38. The number of piperazine rings is 2. The number of carbonyl (C=O) groups is 3. The molecule has 8 heteroatoms. The van der Waals surface area contributed by atoms with Crippen LogP contribution < -0.4 is 10.6 Å². The summed E-state index contributed by atoms with van der Waals surface area (Å²) in [6.07, 6.45) is 0.740. The second-order valence-corrected chi connectivity index (χ2v) is 9.19. The minimum atomic E-state index is -0.788. The molecule has 0 bridgehead atoms. The smallest absolute Gasteiger partial charge is 0.243 e. The Hall–Kier alpha value is -3.23.